The van der Waals surface area contributed by atoms with Crippen LogP contribution in [-0.2, 0) is 25.3 Å². The zero-order valence-electron chi connectivity index (χ0n) is 13.4. The molecule has 132 valence electrons. The van der Waals surface area contributed by atoms with Gasteiger partial charge >= 0.3 is 11.9 Å². The minimum Gasteiger partial charge on any atom is -0.481 e. The summed E-state index contributed by atoms with van der Waals surface area (Å²) in [5.41, 5.74) is 0.789. The number of rotatable bonds is 6. The van der Waals surface area contributed by atoms with E-state index in [-0.39, 0.29) is 17.7 Å². The second-order valence-electron chi connectivity index (χ2n) is 5.96. The Bertz CT molecular complexity index is 707. The van der Waals surface area contributed by atoms with Crippen molar-refractivity contribution < 1.29 is 27.9 Å². The van der Waals surface area contributed by atoms with Gasteiger partial charge in [0.25, 0.3) is 0 Å². The van der Waals surface area contributed by atoms with Crippen molar-refractivity contribution in [2.45, 2.75) is 37.5 Å². The van der Waals surface area contributed by atoms with Gasteiger partial charge in [0.05, 0.1) is 24.3 Å². The normalized spacial score (nSPS) is 21.2. The molecule has 1 aromatic rings. The molecule has 0 aliphatic heterocycles. The Labute approximate surface area is 141 Å². The number of hydrogen-bond donors (Lipinski definition) is 2. The maximum atomic E-state index is 12.3. The molecule has 24 heavy (non-hydrogen) atoms. The van der Waals surface area contributed by atoms with Crippen molar-refractivity contribution >= 4 is 22.0 Å². The van der Waals surface area contributed by atoms with E-state index < -0.39 is 22.0 Å². The predicted molar refractivity (Wildman–Crippen MR) is 86.9 cm³/mol. The Balaban J connectivity index is 1.97. The van der Waals surface area contributed by atoms with Gasteiger partial charge in [0.1, 0.15) is 0 Å². The van der Waals surface area contributed by atoms with Crippen LogP contribution in [0.1, 0.15) is 41.6 Å². The molecule has 1 aliphatic carbocycles. The number of hydrogen-bond acceptors (Lipinski definition) is 5. The molecule has 0 radical (unpaired) electrons. The monoisotopic (exact) mass is 355 g/mol. The van der Waals surface area contributed by atoms with Gasteiger partial charge < -0.3 is 9.84 Å². The highest BCUT2D eigenvalue weighted by molar-refractivity contribution is 7.88. The molecule has 0 unspecified atom stereocenters. The van der Waals surface area contributed by atoms with Gasteiger partial charge in [-0.15, -0.1) is 0 Å². The largest absolute Gasteiger partial charge is 0.481 e. The van der Waals surface area contributed by atoms with Crippen LogP contribution >= 0.6 is 0 Å². The molecular formula is C16H21NO6S. The molecule has 1 fully saturated rings. The maximum Gasteiger partial charge on any atom is 0.337 e. The highest BCUT2D eigenvalue weighted by Gasteiger charge is 2.28. The summed E-state index contributed by atoms with van der Waals surface area (Å²) in [6.45, 7) is 0. The Hall–Kier alpha value is -1.93. The summed E-state index contributed by atoms with van der Waals surface area (Å²) in [6.07, 6.45) is 1.97. The number of esters is 1. The molecule has 1 aliphatic rings. The summed E-state index contributed by atoms with van der Waals surface area (Å²) in [5, 5.41) is 8.97. The average Bonchev–Trinajstić information content (AvgIpc) is 2.54. The number of aliphatic carboxylic acids is 1. The zero-order chi connectivity index (χ0) is 17.7. The number of nitrogens with one attached hydrogen (secondary N) is 1. The molecule has 0 saturated heterocycles. The average molecular weight is 355 g/mol. The van der Waals surface area contributed by atoms with Crippen LogP contribution in [-0.4, -0.2) is 38.6 Å². The quantitative estimate of drug-likeness (QED) is 0.749. The van der Waals surface area contributed by atoms with Crippen molar-refractivity contribution in [1.29, 1.82) is 0 Å². The third-order valence-electron chi connectivity index (χ3n) is 4.13. The van der Waals surface area contributed by atoms with Crippen LogP contribution < -0.4 is 4.72 Å². The second-order valence-corrected chi connectivity index (χ2v) is 7.71. The maximum absolute atomic E-state index is 12.3. The van der Waals surface area contributed by atoms with E-state index in [9.17, 15) is 18.0 Å². The highest BCUT2D eigenvalue weighted by atomic mass is 32.2. The van der Waals surface area contributed by atoms with Gasteiger partial charge in [-0.3, -0.25) is 4.79 Å². The minimum atomic E-state index is -3.57. The van der Waals surface area contributed by atoms with E-state index in [1.165, 1.54) is 13.2 Å². The minimum absolute atomic E-state index is 0.239. The number of benzene rings is 1. The van der Waals surface area contributed by atoms with Crippen LogP contribution in [0.2, 0.25) is 0 Å². The lowest BCUT2D eigenvalue weighted by Gasteiger charge is -2.26. The molecule has 0 amide bonds. The fourth-order valence-electron chi connectivity index (χ4n) is 2.88. The fraction of sp³-hybridized carbons (Fsp3) is 0.500. The van der Waals surface area contributed by atoms with Crippen LogP contribution in [0.5, 0.6) is 0 Å². The van der Waals surface area contributed by atoms with Crippen molar-refractivity contribution in [3.05, 3.63) is 35.4 Å². The molecule has 0 aromatic heterocycles. The molecule has 0 atom stereocenters. The van der Waals surface area contributed by atoms with Gasteiger partial charge in [-0.25, -0.2) is 17.9 Å². The van der Waals surface area contributed by atoms with E-state index in [0.29, 0.717) is 36.8 Å². The lowest BCUT2D eigenvalue weighted by Crippen LogP contribution is -2.39. The van der Waals surface area contributed by atoms with Crippen molar-refractivity contribution in [2.75, 3.05) is 7.11 Å². The van der Waals surface area contributed by atoms with Crippen LogP contribution in [0, 0.1) is 5.92 Å². The summed E-state index contributed by atoms with van der Waals surface area (Å²) >= 11 is 0. The molecule has 2 N–H and O–H groups in total. The van der Waals surface area contributed by atoms with Crippen LogP contribution in [0.4, 0.5) is 0 Å². The Morgan fingerprint density at radius 3 is 2.50 bits per heavy atom. The van der Waals surface area contributed by atoms with Crippen molar-refractivity contribution in [3.8, 4) is 0 Å². The smallest absolute Gasteiger partial charge is 0.337 e. The Morgan fingerprint density at radius 1 is 1.25 bits per heavy atom. The van der Waals surface area contributed by atoms with Gasteiger partial charge in [0.2, 0.25) is 10.0 Å². The van der Waals surface area contributed by atoms with Crippen LogP contribution in [0.25, 0.3) is 0 Å². The van der Waals surface area contributed by atoms with E-state index in [2.05, 4.69) is 9.46 Å². The summed E-state index contributed by atoms with van der Waals surface area (Å²) in [7, 11) is -2.31. The first kappa shape index (κ1) is 18.4. The molecular weight excluding hydrogens is 334 g/mol. The SMILES string of the molecule is COC(=O)c1cccc(CS(=O)(=O)NC2CCC(C(=O)O)CC2)c1. The lowest BCUT2D eigenvalue weighted by molar-refractivity contribution is -0.142. The molecule has 1 aromatic carbocycles. The number of methoxy groups -OCH3 is 1. The third kappa shape index (κ3) is 5.04. The first-order valence-electron chi connectivity index (χ1n) is 7.71. The fourth-order valence-corrected chi connectivity index (χ4v) is 4.32. The molecule has 0 spiro atoms. The van der Waals surface area contributed by atoms with Gasteiger partial charge in [-0.05, 0) is 43.4 Å². The number of carbonyl (C=O) groups is 2. The third-order valence-corrected chi connectivity index (χ3v) is 5.53. The van der Waals surface area contributed by atoms with E-state index in [0.717, 1.165) is 0 Å². The number of carbonyl (C=O) groups excluding carboxylic acids is 1. The molecule has 8 heteroatoms. The number of sulfonamides is 1. The summed E-state index contributed by atoms with van der Waals surface area (Å²) < 4.78 is 31.8. The summed E-state index contributed by atoms with van der Waals surface area (Å²) in [5.74, 6) is -1.97. The Kier molecular flexibility index (Phi) is 5.95. The molecule has 7 nitrogen and oxygen atoms in total. The zero-order valence-corrected chi connectivity index (χ0v) is 14.2. The number of carboxylic acids is 1. The number of ether oxygens (including phenoxy) is 1. The topological polar surface area (TPSA) is 110 Å². The standard InChI is InChI=1S/C16H21NO6S/c1-23-16(20)13-4-2-3-11(9-13)10-24(21,22)17-14-7-5-12(6-8-14)15(18)19/h2-4,9,12,14,17H,5-8,10H2,1H3,(H,18,19). The van der Waals surface area contributed by atoms with Gasteiger partial charge in [-0.2, -0.15) is 0 Å². The summed E-state index contributed by atoms with van der Waals surface area (Å²) in [6, 6.07) is 6.05. The van der Waals surface area contributed by atoms with Crippen molar-refractivity contribution in [1.82, 2.24) is 4.72 Å². The van der Waals surface area contributed by atoms with E-state index in [1.54, 1.807) is 18.2 Å². The van der Waals surface area contributed by atoms with Gasteiger partial charge in [0.15, 0.2) is 0 Å². The van der Waals surface area contributed by atoms with E-state index >= 15 is 0 Å². The Morgan fingerprint density at radius 2 is 1.92 bits per heavy atom. The second kappa shape index (κ2) is 7.76. The molecule has 0 bridgehead atoms. The lowest BCUT2D eigenvalue weighted by atomic mass is 9.87. The predicted octanol–water partition coefficient (Wildman–Crippen LogP) is 1.54. The van der Waals surface area contributed by atoms with Crippen molar-refractivity contribution in [3.63, 3.8) is 0 Å². The first-order valence-corrected chi connectivity index (χ1v) is 9.36. The van der Waals surface area contributed by atoms with Crippen molar-refractivity contribution in [2.24, 2.45) is 5.92 Å². The summed E-state index contributed by atoms with van der Waals surface area (Å²) in [4.78, 5) is 22.4. The number of carboxylic acid groups (broad SMARTS) is 1. The highest BCUT2D eigenvalue weighted by Crippen LogP contribution is 2.25. The molecule has 2 rings (SSSR count). The molecule has 1 saturated carbocycles. The molecule has 0 heterocycles. The van der Waals surface area contributed by atoms with Crippen LogP contribution in [0.15, 0.2) is 24.3 Å². The van der Waals surface area contributed by atoms with Crippen LogP contribution in [0.3, 0.4) is 0 Å². The van der Waals surface area contributed by atoms with Gasteiger partial charge in [0, 0.05) is 6.04 Å². The first-order chi connectivity index (χ1) is 11.3. The van der Waals surface area contributed by atoms with E-state index in [1.807, 2.05) is 0 Å². The van der Waals surface area contributed by atoms with E-state index in [4.69, 9.17) is 5.11 Å². The van der Waals surface area contributed by atoms with Gasteiger partial charge in [-0.1, -0.05) is 12.1 Å².